The van der Waals surface area contributed by atoms with Crippen molar-refractivity contribution in [3.05, 3.63) is 0 Å². The Labute approximate surface area is 116 Å². The van der Waals surface area contributed by atoms with Crippen LogP contribution in [0, 0.1) is 17.3 Å². The van der Waals surface area contributed by atoms with Crippen LogP contribution in [0.1, 0.15) is 40.5 Å². The molecule has 0 spiro atoms. The number of hydrogen-bond acceptors (Lipinski definition) is 5. The molecule has 0 aliphatic carbocycles. The van der Waals surface area contributed by atoms with E-state index in [1.54, 1.807) is 0 Å². The third-order valence-electron chi connectivity index (χ3n) is 2.80. The van der Waals surface area contributed by atoms with E-state index in [1.165, 1.54) is 0 Å². The minimum absolute atomic E-state index is 0.113. The maximum atomic E-state index is 8.91. The maximum absolute atomic E-state index is 8.91. The van der Waals surface area contributed by atoms with Crippen LogP contribution in [0.25, 0.3) is 0 Å². The number of aliphatic hydroxyl groups is 5. The molecule has 0 radical (unpaired) electrons. The topological polar surface area (TPSA) is 101 Å². The summed E-state index contributed by atoms with van der Waals surface area (Å²) in [5.41, 5.74) is -0.686. The van der Waals surface area contributed by atoms with E-state index in [9.17, 15) is 0 Å². The lowest BCUT2D eigenvalue weighted by atomic mass is 9.82. The summed E-state index contributed by atoms with van der Waals surface area (Å²) in [5, 5.41) is 43.8. The Balaban J connectivity index is 0. The summed E-state index contributed by atoms with van der Waals surface area (Å²) in [7, 11) is 0. The van der Waals surface area contributed by atoms with E-state index < -0.39 is 11.5 Å². The molecule has 5 heteroatoms. The molecule has 0 aliphatic heterocycles. The van der Waals surface area contributed by atoms with Gasteiger partial charge in [0.2, 0.25) is 0 Å². The predicted molar refractivity (Wildman–Crippen MR) is 75.7 cm³/mol. The van der Waals surface area contributed by atoms with Gasteiger partial charge in [0.15, 0.2) is 0 Å². The van der Waals surface area contributed by atoms with Gasteiger partial charge in [-0.2, -0.15) is 0 Å². The lowest BCUT2D eigenvalue weighted by Crippen LogP contribution is -2.35. The standard InChI is InChI=1S/C8H18O3.C6H14O2/c1-7(2)3-8(4-9,5-10)6-11;1-5(2)3-6(8)4-7/h7,9-11H,3-6H2,1-2H3;5-8H,3-4H2,1-2H3. The molecule has 0 fully saturated rings. The molecule has 0 aliphatic rings. The van der Waals surface area contributed by atoms with Crippen molar-refractivity contribution in [2.45, 2.75) is 46.6 Å². The van der Waals surface area contributed by atoms with Crippen LogP contribution >= 0.6 is 0 Å². The van der Waals surface area contributed by atoms with Crippen molar-refractivity contribution in [3.63, 3.8) is 0 Å². The van der Waals surface area contributed by atoms with Gasteiger partial charge in [0.1, 0.15) is 0 Å². The molecule has 0 saturated carbocycles. The minimum Gasteiger partial charge on any atom is -0.396 e. The molecule has 0 aromatic heterocycles. The van der Waals surface area contributed by atoms with E-state index in [0.29, 0.717) is 24.7 Å². The van der Waals surface area contributed by atoms with Crippen LogP contribution in [-0.4, -0.2) is 58.1 Å². The van der Waals surface area contributed by atoms with Crippen molar-refractivity contribution in [2.24, 2.45) is 17.3 Å². The van der Waals surface area contributed by atoms with Crippen LogP contribution in [0.5, 0.6) is 0 Å². The van der Waals surface area contributed by atoms with Gasteiger partial charge in [-0.3, -0.25) is 0 Å². The average Bonchev–Trinajstić information content (AvgIpc) is 2.35. The fourth-order valence-corrected chi connectivity index (χ4v) is 1.83. The summed E-state index contributed by atoms with van der Waals surface area (Å²) in [6.07, 6.45) is 0.822. The van der Waals surface area contributed by atoms with E-state index in [0.717, 1.165) is 0 Å². The molecule has 118 valence electrons. The van der Waals surface area contributed by atoms with Gasteiger partial charge in [-0.1, -0.05) is 27.7 Å². The van der Waals surface area contributed by atoms with Crippen molar-refractivity contribution < 1.29 is 25.5 Å². The fraction of sp³-hybridized carbons (Fsp3) is 1.00. The molecule has 0 bridgehead atoms. The molecule has 0 rings (SSSR count). The van der Waals surface area contributed by atoms with Crippen LogP contribution in [0.3, 0.4) is 0 Å². The van der Waals surface area contributed by atoms with Crippen molar-refractivity contribution in [1.82, 2.24) is 0 Å². The number of hydrogen-bond donors (Lipinski definition) is 5. The van der Waals surface area contributed by atoms with E-state index in [1.807, 2.05) is 27.7 Å². The Kier molecular flexibility index (Phi) is 12.9. The smallest absolute Gasteiger partial charge is 0.0773 e. The second-order valence-corrected chi connectivity index (χ2v) is 6.04. The highest BCUT2D eigenvalue weighted by atomic mass is 16.3. The lowest BCUT2D eigenvalue weighted by molar-refractivity contribution is -0.00897. The molecule has 1 unspecified atom stereocenters. The van der Waals surface area contributed by atoms with Gasteiger partial charge in [0.05, 0.1) is 32.5 Å². The van der Waals surface area contributed by atoms with Crippen LogP contribution in [0.2, 0.25) is 0 Å². The molecule has 0 aromatic rings. The first-order chi connectivity index (χ1) is 8.76. The van der Waals surface area contributed by atoms with Crippen LogP contribution in [0.4, 0.5) is 0 Å². The molecule has 0 amide bonds. The van der Waals surface area contributed by atoms with Crippen LogP contribution in [-0.2, 0) is 0 Å². The lowest BCUT2D eigenvalue weighted by Gasteiger charge is -2.28. The third-order valence-corrected chi connectivity index (χ3v) is 2.80. The van der Waals surface area contributed by atoms with E-state index in [2.05, 4.69) is 0 Å². The van der Waals surface area contributed by atoms with Crippen molar-refractivity contribution in [1.29, 1.82) is 0 Å². The fourth-order valence-electron chi connectivity index (χ4n) is 1.83. The molecule has 5 nitrogen and oxygen atoms in total. The predicted octanol–water partition coefficient (Wildman–Crippen LogP) is 0.381. The molecule has 19 heavy (non-hydrogen) atoms. The molecule has 0 saturated heterocycles. The molecule has 0 heterocycles. The Morgan fingerprint density at radius 2 is 1.21 bits per heavy atom. The van der Waals surface area contributed by atoms with E-state index in [4.69, 9.17) is 25.5 Å². The van der Waals surface area contributed by atoms with E-state index >= 15 is 0 Å². The first kappa shape index (κ1) is 21.1. The zero-order chi connectivity index (χ0) is 15.5. The van der Waals surface area contributed by atoms with Crippen LogP contribution < -0.4 is 0 Å². The summed E-state index contributed by atoms with van der Waals surface area (Å²) in [6.45, 7) is 7.44. The molecule has 0 aromatic carbocycles. The monoisotopic (exact) mass is 280 g/mol. The van der Waals surface area contributed by atoms with Gasteiger partial charge in [0.25, 0.3) is 0 Å². The molecular weight excluding hydrogens is 248 g/mol. The normalized spacial score (nSPS) is 13.4. The van der Waals surface area contributed by atoms with Gasteiger partial charge in [0, 0.05) is 5.41 Å². The summed E-state index contributed by atoms with van der Waals surface area (Å²) >= 11 is 0. The van der Waals surface area contributed by atoms with Gasteiger partial charge >= 0.3 is 0 Å². The first-order valence-corrected chi connectivity index (χ1v) is 6.88. The quantitative estimate of drug-likeness (QED) is 0.442. The molecule has 5 N–H and O–H groups in total. The number of aliphatic hydroxyl groups excluding tert-OH is 5. The average molecular weight is 280 g/mol. The van der Waals surface area contributed by atoms with Crippen molar-refractivity contribution in [2.75, 3.05) is 26.4 Å². The van der Waals surface area contributed by atoms with Gasteiger partial charge in [-0.15, -0.1) is 0 Å². The van der Waals surface area contributed by atoms with Crippen molar-refractivity contribution >= 4 is 0 Å². The summed E-state index contributed by atoms with van der Waals surface area (Å²) < 4.78 is 0. The van der Waals surface area contributed by atoms with E-state index in [-0.39, 0.29) is 26.4 Å². The highest BCUT2D eigenvalue weighted by Crippen LogP contribution is 2.24. The Hall–Kier alpha value is -0.200. The Morgan fingerprint density at radius 1 is 0.789 bits per heavy atom. The second kappa shape index (κ2) is 11.6. The largest absolute Gasteiger partial charge is 0.396 e. The summed E-state index contributed by atoms with van der Waals surface area (Å²) in [4.78, 5) is 0. The third kappa shape index (κ3) is 11.3. The highest BCUT2D eigenvalue weighted by molar-refractivity contribution is 4.77. The summed E-state index contributed by atoms with van der Waals surface area (Å²) in [6, 6.07) is 0. The maximum Gasteiger partial charge on any atom is 0.0773 e. The summed E-state index contributed by atoms with van der Waals surface area (Å²) in [5.74, 6) is 0.846. The van der Waals surface area contributed by atoms with Gasteiger partial charge in [-0.25, -0.2) is 0 Å². The molecule has 1 atom stereocenters. The zero-order valence-electron chi connectivity index (χ0n) is 12.7. The highest BCUT2D eigenvalue weighted by Gasteiger charge is 2.28. The Bertz CT molecular complexity index is 182. The zero-order valence-corrected chi connectivity index (χ0v) is 12.7. The Morgan fingerprint density at radius 3 is 1.32 bits per heavy atom. The first-order valence-electron chi connectivity index (χ1n) is 6.88. The van der Waals surface area contributed by atoms with Crippen LogP contribution in [0.15, 0.2) is 0 Å². The number of rotatable bonds is 8. The second-order valence-electron chi connectivity index (χ2n) is 6.04. The van der Waals surface area contributed by atoms with Crippen molar-refractivity contribution in [3.8, 4) is 0 Å². The molecular formula is C14H32O5. The van der Waals surface area contributed by atoms with Gasteiger partial charge < -0.3 is 25.5 Å². The van der Waals surface area contributed by atoms with Gasteiger partial charge in [-0.05, 0) is 24.7 Å². The minimum atomic E-state index is -0.686. The SMILES string of the molecule is CC(C)CC(CO)(CO)CO.CC(C)CC(O)CO.